The fraction of sp³-hybridized carbons (Fsp3) is 0.600. The normalized spacial score (nSPS) is 18.1. The zero-order valence-electron chi connectivity index (χ0n) is 15.0. The lowest BCUT2D eigenvalue weighted by molar-refractivity contribution is 0.0645. The second-order valence-electron chi connectivity index (χ2n) is 6.44. The summed E-state index contributed by atoms with van der Waals surface area (Å²) in [5.74, 6) is 1.38. The Bertz CT molecular complexity index is 508. The van der Waals surface area contributed by atoms with Crippen LogP contribution in [0, 0.1) is 0 Å². The lowest BCUT2D eigenvalue weighted by Gasteiger charge is -2.26. The minimum absolute atomic E-state index is 0.288. The number of hydrogen-bond acceptors (Lipinski definition) is 4. The predicted molar refractivity (Wildman–Crippen MR) is 98.7 cm³/mol. The highest BCUT2D eigenvalue weighted by atomic mass is 16.5. The van der Waals surface area contributed by atoms with E-state index in [0.29, 0.717) is 18.0 Å². The van der Waals surface area contributed by atoms with Gasteiger partial charge in [-0.2, -0.15) is 0 Å². The lowest BCUT2D eigenvalue weighted by Crippen LogP contribution is -2.37. The average molecular weight is 333 g/mol. The predicted octanol–water partition coefficient (Wildman–Crippen LogP) is 3.73. The van der Waals surface area contributed by atoms with E-state index in [1.54, 1.807) is 7.11 Å². The first-order valence-electron chi connectivity index (χ1n) is 9.07. The quantitative estimate of drug-likeness (QED) is 0.825. The van der Waals surface area contributed by atoms with Crippen molar-refractivity contribution in [3.8, 4) is 11.5 Å². The second kappa shape index (κ2) is 10.4. The summed E-state index contributed by atoms with van der Waals surface area (Å²) >= 11 is 0. The number of likely N-dealkylation sites (tertiary alicyclic amines) is 1. The number of ether oxygens (including phenoxy) is 2. The third-order valence-electron chi connectivity index (χ3n) is 4.40. The van der Waals surface area contributed by atoms with Gasteiger partial charge in [-0.3, -0.25) is 0 Å². The number of hydrogen-bond donors (Lipinski definition) is 1. The molecular weight excluding hydrogens is 302 g/mol. The van der Waals surface area contributed by atoms with Crippen molar-refractivity contribution in [2.75, 3.05) is 33.4 Å². The van der Waals surface area contributed by atoms with Crippen LogP contribution in [0.3, 0.4) is 0 Å². The molecule has 1 aliphatic heterocycles. The first-order valence-corrected chi connectivity index (χ1v) is 9.07. The van der Waals surface area contributed by atoms with Crippen LogP contribution in [-0.4, -0.2) is 49.5 Å². The lowest BCUT2D eigenvalue weighted by atomic mass is 10.1. The van der Waals surface area contributed by atoms with Gasteiger partial charge in [-0.1, -0.05) is 37.5 Å². The maximum Gasteiger partial charge on any atom is 0.161 e. The van der Waals surface area contributed by atoms with Crippen molar-refractivity contribution >= 4 is 6.08 Å². The number of aliphatic hydroxyl groups is 1. The van der Waals surface area contributed by atoms with Crippen molar-refractivity contribution in [1.29, 1.82) is 0 Å². The largest absolute Gasteiger partial charge is 0.493 e. The van der Waals surface area contributed by atoms with Gasteiger partial charge in [0.1, 0.15) is 12.7 Å². The summed E-state index contributed by atoms with van der Waals surface area (Å²) in [6.07, 6.45) is 9.94. The molecule has 1 N–H and O–H groups in total. The molecule has 4 nitrogen and oxygen atoms in total. The summed E-state index contributed by atoms with van der Waals surface area (Å²) in [5.41, 5.74) is 1.07. The fourth-order valence-electron chi connectivity index (χ4n) is 3.13. The minimum atomic E-state index is -0.482. The molecule has 0 bridgehead atoms. The fourth-order valence-corrected chi connectivity index (χ4v) is 3.13. The molecule has 1 saturated heterocycles. The standard InChI is InChI=1S/C20H31NO3/c1-3-9-17-10-11-19(20(14-17)23-2)24-16-18(22)15-21-12-7-5-4-6-8-13-21/h3,9-11,14,18,22H,4-8,12-13,15-16H2,1-2H3/b9-3+/t18-/m1/s1. The SMILES string of the molecule is C/C=C/c1ccc(OC[C@H](O)CN2CCCCCCC2)c(OC)c1. The van der Waals surface area contributed by atoms with Crippen LogP contribution >= 0.6 is 0 Å². The molecule has 0 aliphatic carbocycles. The second-order valence-corrected chi connectivity index (χ2v) is 6.44. The van der Waals surface area contributed by atoms with E-state index in [4.69, 9.17) is 9.47 Å². The smallest absolute Gasteiger partial charge is 0.161 e. The molecular formula is C20H31NO3. The van der Waals surface area contributed by atoms with Crippen molar-refractivity contribution in [2.45, 2.75) is 45.1 Å². The van der Waals surface area contributed by atoms with E-state index in [-0.39, 0.29) is 6.61 Å². The third-order valence-corrected chi connectivity index (χ3v) is 4.40. The number of rotatable bonds is 7. The van der Waals surface area contributed by atoms with Gasteiger partial charge in [-0.25, -0.2) is 0 Å². The highest BCUT2D eigenvalue weighted by molar-refractivity contribution is 5.55. The highest BCUT2D eigenvalue weighted by Crippen LogP contribution is 2.28. The Morgan fingerprint density at radius 3 is 2.50 bits per heavy atom. The molecule has 4 heteroatoms. The van der Waals surface area contributed by atoms with Gasteiger partial charge in [0.15, 0.2) is 11.5 Å². The van der Waals surface area contributed by atoms with Crippen LogP contribution < -0.4 is 9.47 Å². The summed E-state index contributed by atoms with van der Waals surface area (Å²) < 4.78 is 11.2. The first-order chi connectivity index (χ1) is 11.7. The summed E-state index contributed by atoms with van der Waals surface area (Å²) in [6, 6.07) is 5.83. The van der Waals surface area contributed by atoms with Gasteiger partial charge in [0.2, 0.25) is 0 Å². The number of allylic oxidation sites excluding steroid dienone is 1. The molecule has 1 aliphatic rings. The van der Waals surface area contributed by atoms with E-state index in [2.05, 4.69) is 4.90 Å². The molecule has 1 aromatic carbocycles. The van der Waals surface area contributed by atoms with Gasteiger partial charge in [-0.05, 0) is 50.6 Å². The molecule has 2 rings (SSSR count). The summed E-state index contributed by atoms with van der Waals surface area (Å²) in [4.78, 5) is 2.36. The van der Waals surface area contributed by atoms with Crippen LogP contribution in [0.5, 0.6) is 11.5 Å². The molecule has 1 aromatic rings. The molecule has 1 fully saturated rings. The molecule has 0 spiro atoms. The van der Waals surface area contributed by atoms with E-state index >= 15 is 0 Å². The van der Waals surface area contributed by atoms with Crippen LogP contribution in [0.25, 0.3) is 6.08 Å². The van der Waals surface area contributed by atoms with Gasteiger partial charge >= 0.3 is 0 Å². The Hall–Kier alpha value is -1.52. The number of benzene rings is 1. The number of nitrogens with zero attached hydrogens (tertiary/aromatic N) is 1. The Balaban J connectivity index is 1.85. The number of methoxy groups -OCH3 is 1. The monoisotopic (exact) mass is 333 g/mol. The van der Waals surface area contributed by atoms with Gasteiger partial charge < -0.3 is 19.5 Å². The summed E-state index contributed by atoms with van der Waals surface area (Å²) in [5, 5.41) is 10.3. The first kappa shape index (κ1) is 18.8. The van der Waals surface area contributed by atoms with E-state index in [0.717, 1.165) is 18.7 Å². The molecule has 134 valence electrons. The number of aliphatic hydroxyl groups excluding tert-OH is 1. The molecule has 0 unspecified atom stereocenters. The van der Waals surface area contributed by atoms with E-state index < -0.39 is 6.10 Å². The van der Waals surface area contributed by atoms with Crippen LogP contribution in [0.2, 0.25) is 0 Å². The molecule has 0 aromatic heterocycles. The Morgan fingerprint density at radius 1 is 1.12 bits per heavy atom. The molecule has 1 atom stereocenters. The Kier molecular flexibility index (Phi) is 8.13. The zero-order valence-corrected chi connectivity index (χ0v) is 15.0. The van der Waals surface area contributed by atoms with Crippen molar-refractivity contribution in [1.82, 2.24) is 4.90 Å². The zero-order chi connectivity index (χ0) is 17.2. The Labute approximate surface area is 146 Å². The molecule has 0 radical (unpaired) electrons. The van der Waals surface area contributed by atoms with E-state index in [1.807, 2.05) is 37.3 Å². The van der Waals surface area contributed by atoms with Crippen LogP contribution in [0.1, 0.15) is 44.6 Å². The Morgan fingerprint density at radius 2 is 1.83 bits per heavy atom. The molecule has 1 heterocycles. The number of β-amino-alcohol motifs (C(OH)–C–C–N with tert-alkyl or cyclic N) is 1. The van der Waals surface area contributed by atoms with E-state index in [9.17, 15) is 5.11 Å². The van der Waals surface area contributed by atoms with E-state index in [1.165, 1.54) is 32.1 Å². The van der Waals surface area contributed by atoms with Crippen molar-refractivity contribution < 1.29 is 14.6 Å². The van der Waals surface area contributed by atoms with Crippen molar-refractivity contribution in [2.24, 2.45) is 0 Å². The van der Waals surface area contributed by atoms with Gasteiger partial charge in [0.25, 0.3) is 0 Å². The third kappa shape index (κ3) is 6.17. The minimum Gasteiger partial charge on any atom is -0.493 e. The van der Waals surface area contributed by atoms with Gasteiger partial charge in [0.05, 0.1) is 7.11 Å². The van der Waals surface area contributed by atoms with Gasteiger partial charge in [-0.15, -0.1) is 0 Å². The topological polar surface area (TPSA) is 41.9 Å². The van der Waals surface area contributed by atoms with Gasteiger partial charge in [0, 0.05) is 6.54 Å². The summed E-state index contributed by atoms with van der Waals surface area (Å²) in [6.45, 7) is 5.11. The van der Waals surface area contributed by atoms with Crippen molar-refractivity contribution in [3.63, 3.8) is 0 Å². The van der Waals surface area contributed by atoms with Crippen molar-refractivity contribution in [3.05, 3.63) is 29.8 Å². The molecule has 0 amide bonds. The molecule has 24 heavy (non-hydrogen) atoms. The molecule has 0 saturated carbocycles. The van der Waals surface area contributed by atoms with Crippen LogP contribution in [-0.2, 0) is 0 Å². The maximum atomic E-state index is 10.3. The van der Waals surface area contributed by atoms with Crippen LogP contribution in [0.4, 0.5) is 0 Å². The average Bonchev–Trinajstić information content (AvgIpc) is 2.56. The summed E-state index contributed by atoms with van der Waals surface area (Å²) in [7, 11) is 1.64. The maximum absolute atomic E-state index is 10.3. The van der Waals surface area contributed by atoms with Crippen LogP contribution in [0.15, 0.2) is 24.3 Å². The highest BCUT2D eigenvalue weighted by Gasteiger charge is 2.15.